The largest absolute Gasteiger partial charge is 0.493 e. The normalized spacial score (nSPS) is 9.59. The Balaban J connectivity index is 2.68. The molecule has 1 rings (SSSR count). The highest BCUT2D eigenvalue weighted by Gasteiger charge is 2.06. The van der Waals surface area contributed by atoms with Crippen LogP contribution in [0.5, 0.6) is 11.5 Å². The van der Waals surface area contributed by atoms with Gasteiger partial charge in [0, 0.05) is 18.3 Å². The molecule has 17 heavy (non-hydrogen) atoms. The molecular formula is C11H16N2O4. The fourth-order valence-electron chi connectivity index (χ4n) is 1.26. The van der Waals surface area contributed by atoms with Crippen molar-refractivity contribution < 1.29 is 19.4 Å². The first kappa shape index (κ1) is 13.1. The highest BCUT2D eigenvalue weighted by molar-refractivity contribution is 5.89. The molecule has 0 aliphatic rings. The Bertz CT molecular complexity index is 382. The zero-order chi connectivity index (χ0) is 12.7. The first-order chi connectivity index (χ1) is 8.21. The van der Waals surface area contributed by atoms with E-state index in [0.29, 0.717) is 17.2 Å². The van der Waals surface area contributed by atoms with Crippen molar-refractivity contribution in [3.05, 3.63) is 18.2 Å². The fraction of sp³-hybridized carbons (Fsp3) is 0.364. The maximum Gasteiger partial charge on any atom is 0.319 e. The lowest BCUT2D eigenvalue weighted by Gasteiger charge is -2.10. The van der Waals surface area contributed by atoms with Crippen molar-refractivity contribution in [1.29, 1.82) is 0 Å². The molecule has 94 valence electrons. The summed E-state index contributed by atoms with van der Waals surface area (Å²) in [5.74, 6) is 1.13. The van der Waals surface area contributed by atoms with Crippen LogP contribution in [0.4, 0.5) is 10.5 Å². The minimum Gasteiger partial charge on any atom is -0.493 e. The molecule has 0 bridgehead atoms. The molecule has 0 heterocycles. The molecule has 6 nitrogen and oxygen atoms in total. The Kier molecular flexibility index (Phi) is 5.09. The summed E-state index contributed by atoms with van der Waals surface area (Å²) in [7, 11) is 3.06. The number of carbonyl (C=O) groups excluding carboxylic acids is 1. The molecule has 1 aromatic rings. The molecule has 6 heteroatoms. The standard InChI is InChI=1S/C11H16N2O4/c1-16-9-4-3-8(7-10(9)17-2)13-11(15)12-5-6-14/h3-4,7,14H,5-6H2,1-2H3,(H2,12,13,15). The Morgan fingerprint density at radius 3 is 2.59 bits per heavy atom. The van der Waals surface area contributed by atoms with Crippen molar-refractivity contribution in [3.63, 3.8) is 0 Å². The van der Waals surface area contributed by atoms with Crippen molar-refractivity contribution in [3.8, 4) is 11.5 Å². The predicted octanol–water partition coefficient (Wildman–Crippen LogP) is 0.818. The van der Waals surface area contributed by atoms with Gasteiger partial charge in [-0.2, -0.15) is 0 Å². The minimum atomic E-state index is -0.383. The van der Waals surface area contributed by atoms with Crippen LogP contribution in [0, 0.1) is 0 Å². The molecule has 0 atom stereocenters. The summed E-state index contributed by atoms with van der Waals surface area (Å²) in [6.07, 6.45) is 0. The second-order valence-electron chi connectivity index (χ2n) is 3.17. The van der Waals surface area contributed by atoms with E-state index < -0.39 is 0 Å². The average Bonchev–Trinajstić information content (AvgIpc) is 2.36. The maximum absolute atomic E-state index is 11.3. The van der Waals surface area contributed by atoms with Crippen LogP contribution in [0.1, 0.15) is 0 Å². The van der Waals surface area contributed by atoms with E-state index in [1.54, 1.807) is 25.3 Å². The third-order valence-electron chi connectivity index (χ3n) is 2.04. The van der Waals surface area contributed by atoms with E-state index in [2.05, 4.69) is 10.6 Å². The molecule has 0 fully saturated rings. The van der Waals surface area contributed by atoms with E-state index in [-0.39, 0.29) is 19.2 Å². The molecule has 0 unspecified atom stereocenters. The van der Waals surface area contributed by atoms with Crippen molar-refractivity contribution in [2.24, 2.45) is 0 Å². The van der Waals surface area contributed by atoms with Gasteiger partial charge in [0.1, 0.15) is 0 Å². The number of hydrogen-bond acceptors (Lipinski definition) is 4. The Hall–Kier alpha value is -1.95. The zero-order valence-electron chi connectivity index (χ0n) is 9.82. The number of benzene rings is 1. The summed E-state index contributed by atoms with van der Waals surface area (Å²) < 4.78 is 10.2. The number of ether oxygens (including phenoxy) is 2. The van der Waals surface area contributed by atoms with Crippen LogP contribution in [0.15, 0.2) is 18.2 Å². The van der Waals surface area contributed by atoms with Gasteiger partial charge in [-0.1, -0.05) is 0 Å². The number of methoxy groups -OCH3 is 2. The highest BCUT2D eigenvalue weighted by Crippen LogP contribution is 2.29. The van der Waals surface area contributed by atoms with Crippen LogP contribution in [-0.4, -0.2) is 38.5 Å². The lowest BCUT2D eigenvalue weighted by molar-refractivity contribution is 0.245. The van der Waals surface area contributed by atoms with E-state index in [1.165, 1.54) is 7.11 Å². The molecule has 1 aromatic carbocycles. The van der Waals surface area contributed by atoms with Gasteiger partial charge in [0.15, 0.2) is 11.5 Å². The summed E-state index contributed by atoms with van der Waals surface area (Å²) in [5, 5.41) is 13.6. The Morgan fingerprint density at radius 1 is 1.29 bits per heavy atom. The van der Waals surface area contributed by atoms with Gasteiger partial charge < -0.3 is 25.2 Å². The van der Waals surface area contributed by atoms with E-state index >= 15 is 0 Å². The van der Waals surface area contributed by atoms with E-state index in [1.807, 2.05) is 0 Å². The first-order valence-electron chi connectivity index (χ1n) is 5.09. The molecule has 2 amide bonds. The van der Waals surface area contributed by atoms with Gasteiger partial charge in [0.2, 0.25) is 0 Å². The highest BCUT2D eigenvalue weighted by atomic mass is 16.5. The molecule has 0 saturated carbocycles. The summed E-state index contributed by atoms with van der Waals surface area (Å²) in [5.41, 5.74) is 0.582. The van der Waals surface area contributed by atoms with Crippen molar-refractivity contribution >= 4 is 11.7 Å². The average molecular weight is 240 g/mol. The molecule has 0 aliphatic carbocycles. The molecular weight excluding hydrogens is 224 g/mol. The van der Waals surface area contributed by atoms with Gasteiger partial charge in [-0.3, -0.25) is 0 Å². The third-order valence-corrected chi connectivity index (χ3v) is 2.04. The number of urea groups is 1. The number of aliphatic hydroxyl groups is 1. The molecule has 0 spiro atoms. The Labute approximate surface area is 99.5 Å². The summed E-state index contributed by atoms with van der Waals surface area (Å²) in [4.78, 5) is 11.3. The molecule has 0 aromatic heterocycles. The summed E-state index contributed by atoms with van der Waals surface area (Å²) in [6.45, 7) is 0.110. The summed E-state index contributed by atoms with van der Waals surface area (Å²) in [6, 6.07) is 4.66. The van der Waals surface area contributed by atoms with Crippen molar-refractivity contribution in [2.45, 2.75) is 0 Å². The number of nitrogens with one attached hydrogen (secondary N) is 2. The zero-order valence-corrected chi connectivity index (χ0v) is 9.82. The van der Waals surface area contributed by atoms with Gasteiger partial charge in [0.25, 0.3) is 0 Å². The monoisotopic (exact) mass is 240 g/mol. The lowest BCUT2D eigenvalue weighted by Crippen LogP contribution is -2.30. The van der Waals surface area contributed by atoms with E-state index in [0.717, 1.165) is 0 Å². The van der Waals surface area contributed by atoms with Crippen LogP contribution in [-0.2, 0) is 0 Å². The Morgan fingerprint density at radius 2 is 2.00 bits per heavy atom. The van der Waals surface area contributed by atoms with E-state index in [4.69, 9.17) is 14.6 Å². The van der Waals surface area contributed by atoms with Gasteiger partial charge in [-0.25, -0.2) is 4.79 Å². The van der Waals surface area contributed by atoms with Gasteiger partial charge in [0.05, 0.1) is 20.8 Å². The number of anilines is 1. The smallest absolute Gasteiger partial charge is 0.319 e. The molecule has 0 aliphatic heterocycles. The minimum absolute atomic E-state index is 0.0979. The number of rotatable bonds is 5. The topological polar surface area (TPSA) is 79.8 Å². The third kappa shape index (κ3) is 3.84. The number of hydrogen-bond donors (Lipinski definition) is 3. The van der Waals surface area contributed by atoms with Crippen LogP contribution in [0.25, 0.3) is 0 Å². The van der Waals surface area contributed by atoms with Crippen molar-refractivity contribution in [2.75, 3.05) is 32.7 Å². The predicted molar refractivity (Wildman–Crippen MR) is 63.7 cm³/mol. The van der Waals surface area contributed by atoms with Gasteiger partial charge in [-0.15, -0.1) is 0 Å². The fourth-order valence-corrected chi connectivity index (χ4v) is 1.26. The van der Waals surface area contributed by atoms with Crippen molar-refractivity contribution in [1.82, 2.24) is 5.32 Å². The molecule has 0 saturated heterocycles. The SMILES string of the molecule is COc1ccc(NC(=O)NCCO)cc1OC. The second-order valence-corrected chi connectivity index (χ2v) is 3.17. The second kappa shape index (κ2) is 6.59. The van der Waals surface area contributed by atoms with Crippen LogP contribution < -0.4 is 20.1 Å². The number of amides is 2. The van der Waals surface area contributed by atoms with Gasteiger partial charge in [-0.05, 0) is 12.1 Å². The maximum atomic E-state index is 11.3. The van der Waals surface area contributed by atoms with Gasteiger partial charge >= 0.3 is 6.03 Å². The van der Waals surface area contributed by atoms with Crippen LogP contribution in [0.2, 0.25) is 0 Å². The van der Waals surface area contributed by atoms with E-state index in [9.17, 15) is 4.79 Å². The molecule has 0 radical (unpaired) electrons. The quantitative estimate of drug-likeness (QED) is 0.711. The van der Waals surface area contributed by atoms with Crippen LogP contribution in [0.3, 0.4) is 0 Å². The first-order valence-corrected chi connectivity index (χ1v) is 5.09. The summed E-state index contributed by atoms with van der Waals surface area (Å²) >= 11 is 0. The molecule has 3 N–H and O–H groups in total. The number of carbonyl (C=O) groups is 1. The number of aliphatic hydroxyl groups excluding tert-OH is 1. The van der Waals surface area contributed by atoms with Crippen LogP contribution >= 0.6 is 0 Å². The lowest BCUT2D eigenvalue weighted by atomic mass is 10.3.